The van der Waals surface area contributed by atoms with E-state index in [-0.39, 0.29) is 0 Å². The number of hydroxylamine groups is 1. The lowest BCUT2D eigenvalue weighted by Crippen LogP contribution is -2.27. The van der Waals surface area contributed by atoms with Crippen molar-refractivity contribution in [1.82, 2.24) is 15.0 Å². The monoisotopic (exact) mass is 475 g/mol. The fourth-order valence-corrected chi connectivity index (χ4v) is 3.85. The van der Waals surface area contributed by atoms with Gasteiger partial charge in [0.05, 0.1) is 11.0 Å². The number of nitrogens with one attached hydrogen (secondary N) is 2. The zero-order valence-electron chi connectivity index (χ0n) is 17.9. The summed E-state index contributed by atoms with van der Waals surface area (Å²) in [4.78, 5) is 18.0. The van der Waals surface area contributed by atoms with Crippen LogP contribution in [-0.4, -0.2) is 52.1 Å². The quantitative estimate of drug-likeness (QED) is 0.169. The largest absolute Gasteiger partial charge is 0.369 e. The number of imidazole rings is 1. The Morgan fingerprint density at radius 1 is 1.16 bits per heavy atom. The fourth-order valence-electron chi connectivity index (χ4n) is 3.44. The van der Waals surface area contributed by atoms with E-state index in [1.807, 2.05) is 35.9 Å². The molecule has 0 aliphatic heterocycles. The maximum atomic E-state index is 11.1. The Bertz CT molecular complexity index is 1060. The highest BCUT2D eigenvalue weighted by atomic mass is 35.5. The van der Waals surface area contributed by atoms with Gasteiger partial charge < -0.3 is 14.8 Å². The molecule has 0 fully saturated rings. The number of hydrogen-bond donors (Lipinski definition) is 3. The number of aryl methyl sites for hydroxylation is 1. The number of aromatic nitrogens is 2. The van der Waals surface area contributed by atoms with Gasteiger partial charge in [-0.25, -0.2) is 10.5 Å². The van der Waals surface area contributed by atoms with E-state index in [1.165, 1.54) is 11.6 Å². The first kappa shape index (κ1) is 23.9. The minimum absolute atomic E-state index is 0.541. The van der Waals surface area contributed by atoms with Crippen molar-refractivity contribution >= 4 is 57.9 Å². The van der Waals surface area contributed by atoms with E-state index < -0.39 is 5.91 Å². The van der Waals surface area contributed by atoms with Crippen LogP contribution in [0.15, 0.2) is 48.5 Å². The Morgan fingerprint density at radius 3 is 2.53 bits per heavy atom. The van der Waals surface area contributed by atoms with E-state index in [9.17, 15) is 4.79 Å². The van der Waals surface area contributed by atoms with Crippen LogP contribution in [0.25, 0.3) is 17.1 Å². The molecule has 170 valence electrons. The van der Waals surface area contributed by atoms with Gasteiger partial charge >= 0.3 is 0 Å². The average Bonchev–Trinajstić information content (AvgIpc) is 3.13. The Hall–Kier alpha value is -2.74. The summed E-state index contributed by atoms with van der Waals surface area (Å²) in [5.74, 6) is 1.34. The number of rotatable bonds is 11. The van der Waals surface area contributed by atoms with Gasteiger partial charge in [-0.15, -0.1) is 23.2 Å². The molecule has 3 aromatic rings. The van der Waals surface area contributed by atoms with Gasteiger partial charge in [0.25, 0.3) is 5.91 Å². The molecule has 32 heavy (non-hydrogen) atoms. The van der Waals surface area contributed by atoms with Crippen molar-refractivity contribution in [3.8, 4) is 0 Å². The van der Waals surface area contributed by atoms with Crippen molar-refractivity contribution in [3.05, 3.63) is 59.7 Å². The molecule has 3 N–H and O–H groups in total. The lowest BCUT2D eigenvalue weighted by atomic mass is 10.1. The van der Waals surface area contributed by atoms with Crippen LogP contribution in [0.1, 0.15) is 11.1 Å². The van der Waals surface area contributed by atoms with Gasteiger partial charge in [-0.3, -0.25) is 10.0 Å². The molecule has 1 amide bonds. The molecule has 1 aromatic heterocycles. The van der Waals surface area contributed by atoms with Gasteiger partial charge in [0.1, 0.15) is 0 Å². The minimum atomic E-state index is -0.557. The van der Waals surface area contributed by atoms with Crippen molar-refractivity contribution in [2.45, 2.75) is 6.42 Å². The second-order valence-corrected chi connectivity index (χ2v) is 8.02. The summed E-state index contributed by atoms with van der Waals surface area (Å²) in [7, 11) is 2.00. The SMILES string of the molecule is Cn1c(NCCc2ccc(/C=C/C(=O)NO)cc2)nc2cc(N(CCCl)CCCl)ccc21. The maximum absolute atomic E-state index is 11.1. The maximum Gasteiger partial charge on any atom is 0.267 e. The first-order valence-corrected chi connectivity index (χ1v) is 11.4. The van der Waals surface area contributed by atoms with Gasteiger partial charge in [-0.05, 0) is 41.8 Å². The molecule has 0 saturated heterocycles. The highest BCUT2D eigenvalue weighted by Gasteiger charge is 2.11. The molecule has 0 atom stereocenters. The van der Waals surface area contributed by atoms with E-state index >= 15 is 0 Å². The molecule has 9 heteroatoms. The van der Waals surface area contributed by atoms with Crippen LogP contribution < -0.4 is 15.7 Å². The van der Waals surface area contributed by atoms with E-state index in [2.05, 4.69) is 28.4 Å². The molecule has 0 aliphatic rings. The predicted molar refractivity (Wildman–Crippen MR) is 132 cm³/mol. The second kappa shape index (κ2) is 11.8. The van der Waals surface area contributed by atoms with Crippen LogP contribution in [0, 0.1) is 0 Å². The summed E-state index contributed by atoms with van der Waals surface area (Å²) in [5.41, 5.74) is 6.66. The molecule has 0 spiro atoms. The van der Waals surface area contributed by atoms with Gasteiger partial charge in [-0.2, -0.15) is 0 Å². The average molecular weight is 476 g/mol. The summed E-state index contributed by atoms with van der Waals surface area (Å²) in [6.45, 7) is 2.21. The van der Waals surface area contributed by atoms with Crippen molar-refractivity contribution in [3.63, 3.8) is 0 Å². The number of fused-ring (bicyclic) bond motifs is 1. The minimum Gasteiger partial charge on any atom is -0.369 e. The van der Waals surface area contributed by atoms with Gasteiger partial charge in [0.15, 0.2) is 0 Å². The van der Waals surface area contributed by atoms with Crippen molar-refractivity contribution in [2.24, 2.45) is 7.05 Å². The van der Waals surface area contributed by atoms with Crippen LogP contribution in [0.4, 0.5) is 11.6 Å². The van der Waals surface area contributed by atoms with Gasteiger partial charge in [-0.1, -0.05) is 24.3 Å². The van der Waals surface area contributed by atoms with E-state index in [4.69, 9.17) is 33.4 Å². The Balaban J connectivity index is 1.63. The fraction of sp³-hybridized carbons (Fsp3) is 0.304. The Morgan fingerprint density at radius 2 is 1.88 bits per heavy atom. The van der Waals surface area contributed by atoms with Crippen LogP contribution in [-0.2, 0) is 18.3 Å². The highest BCUT2D eigenvalue weighted by Crippen LogP contribution is 2.24. The third-order valence-electron chi connectivity index (χ3n) is 5.15. The molecule has 0 unspecified atom stereocenters. The Kier molecular flexibility index (Phi) is 8.79. The molecule has 7 nitrogen and oxygen atoms in total. The number of hydrogen-bond acceptors (Lipinski definition) is 5. The van der Waals surface area contributed by atoms with Crippen LogP contribution >= 0.6 is 23.2 Å². The van der Waals surface area contributed by atoms with E-state index in [0.29, 0.717) is 11.8 Å². The van der Waals surface area contributed by atoms with E-state index in [1.54, 1.807) is 11.6 Å². The molecule has 0 bridgehead atoms. The summed E-state index contributed by atoms with van der Waals surface area (Å²) >= 11 is 11.9. The van der Waals surface area contributed by atoms with Crippen molar-refractivity contribution < 1.29 is 10.0 Å². The molecule has 3 rings (SSSR count). The molecule has 0 saturated carbocycles. The molecule has 0 aliphatic carbocycles. The van der Waals surface area contributed by atoms with Gasteiger partial charge in [0, 0.05) is 50.2 Å². The number of carbonyl (C=O) groups is 1. The molecule has 0 radical (unpaired) electrons. The number of nitrogens with zero attached hydrogens (tertiary/aromatic N) is 3. The molecule has 2 aromatic carbocycles. The lowest BCUT2D eigenvalue weighted by molar-refractivity contribution is -0.124. The second-order valence-electron chi connectivity index (χ2n) is 7.26. The van der Waals surface area contributed by atoms with Crippen molar-refractivity contribution in [1.29, 1.82) is 0 Å². The zero-order valence-corrected chi connectivity index (χ0v) is 19.4. The smallest absolute Gasteiger partial charge is 0.267 e. The Labute approximate surface area is 197 Å². The number of alkyl halides is 2. The molecule has 1 heterocycles. The zero-order chi connectivity index (χ0) is 22.9. The highest BCUT2D eigenvalue weighted by molar-refractivity contribution is 6.18. The summed E-state index contributed by atoms with van der Waals surface area (Å²) < 4.78 is 2.05. The topological polar surface area (TPSA) is 82.4 Å². The lowest BCUT2D eigenvalue weighted by Gasteiger charge is -2.22. The van der Waals surface area contributed by atoms with Gasteiger partial charge in [0.2, 0.25) is 5.95 Å². The first-order chi connectivity index (χ1) is 15.5. The molecular formula is C23H27Cl2N5O2. The van der Waals surface area contributed by atoms with Crippen LogP contribution in [0.3, 0.4) is 0 Å². The number of anilines is 2. The van der Waals surface area contributed by atoms with Crippen molar-refractivity contribution in [2.75, 3.05) is 41.6 Å². The summed E-state index contributed by atoms with van der Waals surface area (Å²) in [6, 6.07) is 14.1. The third-order valence-corrected chi connectivity index (χ3v) is 5.49. The predicted octanol–water partition coefficient (Wildman–Crippen LogP) is 4.03. The number of carbonyl (C=O) groups excluding carboxylic acids is 1. The normalized spacial score (nSPS) is 11.2. The summed E-state index contributed by atoms with van der Waals surface area (Å²) in [5, 5.41) is 11.9. The van der Waals surface area contributed by atoms with Crippen LogP contribution in [0.2, 0.25) is 0 Å². The first-order valence-electron chi connectivity index (χ1n) is 10.3. The standard InChI is InChI=1S/C23H27Cl2N5O2/c1-29-21-8-7-19(30(14-11-24)15-12-25)16-20(21)27-23(29)26-13-10-18-4-2-17(3-5-18)6-9-22(31)28-32/h2-9,16,32H,10-15H2,1H3,(H,26,27)(H,28,31)/b9-6+. The number of benzene rings is 2. The summed E-state index contributed by atoms with van der Waals surface area (Å²) in [6.07, 6.45) is 3.75. The number of halogens is 2. The number of amides is 1. The molecular weight excluding hydrogens is 449 g/mol. The van der Waals surface area contributed by atoms with E-state index in [0.717, 1.165) is 54.3 Å². The van der Waals surface area contributed by atoms with Crippen LogP contribution in [0.5, 0.6) is 0 Å². The third kappa shape index (κ3) is 6.16.